The van der Waals surface area contributed by atoms with Crippen molar-refractivity contribution in [2.45, 2.75) is 12.5 Å². The number of ether oxygens (including phenoxy) is 1. The molecular formula is C25H22N2O3. The second kappa shape index (κ2) is 7.43. The first kappa shape index (κ1) is 18.6. The van der Waals surface area contributed by atoms with Crippen molar-refractivity contribution in [1.29, 1.82) is 0 Å². The van der Waals surface area contributed by atoms with E-state index >= 15 is 0 Å². The van der Waals surface area contributed by atoms with E-state index in [4.69, 9.17) is 14.6 Å². The van der Waals surface area contributed by atoms with Gasteiger partial charge in [-0.1, -0.05) is 66.7 Å². The van der Waals surface area contributed by atoms with Crippen LogP contribution in [0.4, 0.5) is 11.4 Å². The normalized spacial score (nSPS) is 23.3. The smallest absolute Gasteiger partial charge is 0.314 e. The first-order chi connectivity index (χ1) is 14.8. The quantitative estimate of drug-likeness (QED) is 0.601. The molecule has 0 amide bonds. The molecular weight excluding hydrogens is 376 g/mol. The Hall–Kier alpha value is -3.44. The zero-order chi connectivity index (χ0) is 20.6. The van der Waals surface area contributed by atoms with Crippen LogP contribution in [0.2, 0.25) is 0 Å². The monoisotopic (exact) mass is 398 g/mol. The van der Waals surface area contributed by atoms with Gasteiger partial charge in [0.1, 0.15) is 5.92 Å². The van der Waals surface area contributed by atoms with Crippen molar-refractivity contribution in [2.24, 2.45) is 10.9 Å². The lowest BCUT2D eigenvalue weighted by atomic mass is 9.75. The first-order valence-electron chi connectivity index (χ1n) is 10.2. The minimum absolute atomic E-state index is 0.232. The molecule has 0 saturated carbocycles. The van der Waals surface area contributed by atoms with Crippen molar-refractivity contribution in [2.75, 3.05) is 18.3 Å². The van der Waals surface area contributed by atoms with Crippen LogP contribution in [0.5, 0.6) is 0 Å². The van der Waals surface area contributed by atoms with Crippen LogP contribution in [-0.2, 0) is 19.9 Å². The molecule has 2 atom stereocenters. The maximum absolute atomic E-state index is 13.1. The molecule has 1 fully saturated rings. The van der Waals surface area contributed by atoms with Crippen molar-refractivity contribution in [3.05, 3.63) is 96.1 Å². The number of hydroxylamine groups is 1. The predicted molar refractivity (Wildman–Crippen MR) is 116 cm³/mol. The molecule has 0 aliphatic carbocycles. The summed E-state index contributed by atoms with van der Waals surface area (Å²) in [5.41, 5.74) is 3.54. The molecule has 3 aromatic carbocycles. The number of benzene rings is 3. The summed E-state index contributed by atoms with van der Waals surface area (Å²) in [6, 6.07) is 27.8. The highest BCUT2D eigenvalue weighted by molar-refractivity contribution is 6.19. The Balaban J connectivity index is 1.81. The summed E-state index contributed by atoms with van der Waals surface area (Å²) in [7, 11) is 0. The molecule has 5 heteroatoms. The molecule has 0 unspecified atom stereocenters. The van der Waals surface area contributed by atoms with Crippen molar-refractivity contribution in [3.63, 3.8) is 0 Å². The molecule has 5 rings (SSSR count). The second-order valence-corrected chi connectivity index (χ2v) is 7.34. The van der Waals surface area contributed by atoms with Gasteiger partial charge in [-0.05, 0) is 30.7 Å². The van der Waals surface area contributed by atoms with Gasteiger partial charge in [-0.25, -0.2) is 10.1 Å². The number of para-hydroxylation sites is 2. The fraction of sp³-hybridized carbons (Fsp3) is 0.200. The third-order valence-electron chi connectivity index (χ3n) is 5.72. The Morgan fingerprint density at radius 3 is 2.43 bits per heavy atom. The Labute approximate surface area is 175 Å². The summed E-state index contributed by atoms with van der Waals surface area (Å²) in [5.74, 6) is -0.827. The molecule has 0 bridgehead atoms. The molecule has 150 valence electrons. The third-order valence-corrected chi connectivity index (χ3v) is 5.72. The number of carbonyl (C=O) groups is 1. The lowest BCUT2D eigenvalue weighted by Crippen LogP contribution is -2.50. The fourth-order valence-corrected chi connectivity index (χ4v) is 4.50. The molecule has 5 nitrogen and oxygen atoms in total. The van der Waals surface area contributed by atoms with Crippen LogP contribution in [0.1, 0.15) is 18.1 Å². The van der Waals surface area contributed by atoms with Gasteiger partial charge >= 0.3 is 5.97 Å². The summed E-state index contributed by atoms with van der Waals surface area (Å²) >= 11 is 0. The van der Waals surface area contributed by atoms with Crippen LogP contribution < -0.4 is 5.06 Å². The molecule has 2 aliphatic heterocycles. The molecule has 0 aromatic heterocycles. The second-order valence-electron chi connectivity index (χ2n) is 7.34. The van der Waals surface area contributed by atoms with Gasteiger partial charge in [-0.3, -0.25) is 9.63 Å². The molecule has 2 heterocycles. The first-order valence-corrected chi connectivity index (χ1v) is 10.2. The van der Waals surface area contributed by atoms with E-state index in [1.807, 2.05) is 96.9 Å². The van der Waals surface area contributed by atoms with Gasteiger partial charge in [0, 0.05) is 5.56 Å². The number of esters is 1. The maximum atomic E-state index is 13.1. The van der Waals surface area contributed by atoms with E-state index in [-0.39, 0.29) is 12.6 Å². The standard InChI is InChI=1S/C25H22N2O3/c1-2-29-24(28)21-17-30-27-22-16-10-9-15-20(22)23(26-19-13-7-4-8-14-19)25(21,27)18-11-5-3-6-12-18/h3-16,21H,2,17H2,1H3/t21-,25-/m1/s1. The highest BCUT2D eigenvalue weighted by Crippen LogP contribution is 2.54. The van der Waals surface area contributed by atoms with Crippen LogP contribution in [0.3, 0.4) is 0 Å². The maximum Gasteiger partial charge on any atom is 0.314 e. The highest BCUT2D eigenvalue weighted by Gasteiger charge is 2.63. The van der Waals surface area contributed by atoms with E-state index in [2.05, 4.69) is 0 Å². The van der Waals surface area contributed by atoms with E-state index in [9.17, 15) is 4.79 Å². The van der Waals surface area contributed by atoms with Gasteiger partial charge < -0.3 is 4.74 Å². The number of hydrogen-bond donors (Lipinski definition) is 0. The molecule has 0 radical (unpaired) electrons. The Morgan fingerprint density at radius 2 is 1.70 bits per heavy atom. The van der Waals surface area contributed by atoms with Crippen molar-refractivity contribution < 1.29 is 14.4 Å². The van der Waals surface area contributed by atoms with Gasteiger partial charge in [0.2, 0.25) is 0 Å². The topological polar surface area (TPSA) is 51.1 Å². The fourth-order valence-electron chi connectivity index (χ4n) is 4.50. The number of fused-ring (bicyclic) bond motifs is 3. The van der Waals surface area contributed by atoms with Gasteiger partial charge in [-0.2, -0.15) is 0 Å². The van der Waals surface area contributed by atoms with Crippen LogP contribution in [0.15, 0.2) is 89.9 Å². The van der Waals surface area contributed by atoms with Crippen molar-refractivity contribution >= 4 is 23.1 Å². The number of anilines is 1. The number of nitrogens with zero attached hydrogens (tertiary/aromatic N) is 2. The zero-order valence-corrected chi connectivity index (χ0v) is 16.7. The number of carbonyl (C=O) groups excluding carboxylic acids is 1. The number of rotatable bonds is 4. The van der Waals surface area contributed by atoms with Crippen molar-refractivity contribution in [3.8, 4) is 0 Å². The molecule has 0 spiro atoms. The van der Waals surface area contributed by atoms with Gasteiger partial charge in [0.05, 0.1) is 30.3 Å². The zero-order valence-electron chi connectivity index (χ0n) is 16.7. The van der Waals surface area contributed by atoms with Crippen LogP contribution in [0, 0.1) is 5.92 Å². The minimum Gasteiger partial charge on any atom is -0.466 e. The average molecular weight is 398 g/mol. The number of aliphatic imine (C=N–C) groups is 1. The van der Waals surface area contributed by atoms with Gasteiger partial charge in [0.25, 0.3) is 0 Å². The van der Waals surface area contributed by atoms with E-state index in [1.165, 1.54) is 0 Å². The van der Waals surface area contributed by atoms with E-state index in [0.29, 0.717) is 6.61 Å². The van der Waals surface area contributed by atoms with Crippen LogP contribution in [-0.4, -0.2) is 24.9 Å². The summed E-state index contributed by atoms with van der Waals surface area (Å²) in [6.07, 6.45) is 0. The van der Waals surface area contributed by atoms with E-state index in [1.54, 1.807) is 0 Å². The number of hydrogen-bond acceptors (Lipinski definition) is 5. The summed E-state index contributed by atoms with van der Waals surface area (Å²) in [6.45, 7) is 2.37. The molecule has 2 aliphatic rings. The Bertz CT molecular complexity index is 1100. The average Bonchev–Trinajstić information content (AvgIpc) is 3.31. The minimum atomic E-state index is -0.896. The van der Waals surface area contributed by atoms with E-state index < -0.39 is 11.5 Å². The molecule has 1 saturated heterocycles. The molecule has 30 heavy (non-hydrogen) atoms. The summed E-state index contributed by atoms with van der Waals surface area (Å²) in [5, 5.41) is 1.86. The Morgan fingerprint density at radius 1 is 1.03 bits per heavy atom. The largest absolute Gasteiger partial charge is 0.466 e. The predicted octanol–water partition coefficient (Wildman–Crippen LogP) is 4.65. The van der Waals surface area contributed by atoms with E-state index in [0.717, 1.165) is 28.2 Å². The Kier molecular flexibility index (Phi) is 4.60. The van der Waals surface area contributed by atoms with Crippen LogP contribution in [0.25, 0.3) is 0 Å². The molecule has 3 aromatic rings. The lowest BCUT2D eigenvalue weighted by molar-refractivity contribution is -0.148. The van der Waals surface area contributed by atoms with Gasteiger partial charge in [-0.15, -0.1) is 0 Å². The SMILES string of the molecule is CCOC(=O)[C@H]1CON2c3ccccc3C(=Nc3ccccc3)[C@@]12c1ccccc1. The van der Waals surface area contributed by atoms with Gasteiger partial charge in [0.15, 0.2) is 5.54 Å². The van der Waals surface area contributed by atoms with Crippen molar-refractivity contribution in [1.82, 2.24) is 0 Å². The third kappa shape index (κ3) is 2.66. The summed E-state index contributed by atoms with van der Waals surface area (Å²) < 4.78 is 5.48. The summed E-state index contributed by atoms with van der Waals surface area (Å²) in [4.78, 5) is 24.4. The van der Waals surface area contributed by atoms with Crippen LogP contribution >= 0.6 is 0 Å². The highest BCUT2D eigenvalue weighted by atomic mass is 16.7. The molecule has 0 N–H and O–H groups in total. The lowest BCUT2D eigenvalue weighted by Gasteiger charge is -2.35.